The van der Waals surface area contributed by atoms with Crippen molar-refractivity contribution in [3.63, 3.8) is 0 Å². The first kappa shape index (κ1) is 13.2. The first-order valence-corrected chi connectivity index (χ1v) is 5.97. The van der Waals surface area contributed by atoms with E-state index in [-0.39, 0.29) is 6.04 Å². The zero-order chi connectivity index (χ0) is 12.3. The van der Waals surface area contributed by atoms with Gasteiger partial charge in [0.1, 0.15) is 5.60 Å². The topological polar surface area (TPSA) is 64.3 Å². The maximum Gasteiger partial charge on any atom is 0.408 e. The number of nitrogens with two attached hydrogens (primary N) is 1. The Morgan fingerprint density at radius 3 is 2.50 bits per heavy atom. The fraction of sp³-hybridized carbons (Fsp3) is 0.818. The van der Waals surface area contributed by atoms with Gasteiger partial charge in [-0.2, -0.15) is 0 Å². The van der Waals surface area contributed by atoms with Crippen LogP contribution < -0.4 is 11.1 Å². The van der Waals surface area contributed by atoms with Gasteiger partial charge in [0.15, 0.2) is 0 Å². The van der Waals surface area contributed by atoms with E-state index in [2.05, 4.69) is 5.32 Å². The molecule has 0 spiro atoms. The van der Waals surface area contributed by atoms with Crippen LogP contribution in [-0.4, -0.2) is 22.7 Å². The number of alkyl carbamates (subject to hydrolysis) is 1. The van der Waals surface area contributed by atoms with E-state index in [9.17, 15) is 4.79 Å². The number of thiocarbonyl (C=S) groups is 1. The second-order valence-corrected chi connectivity index (χ2v) is 5.75. The minimum Gasteiger partial charge on any atom is -0.444 e. The molecule has 0 saturated heterocycles. The molecule has 0 aromatic heterocycles. The zero-order valence-electron chi connectivity index (χ0n) is 10.1. The Kier molecular flexibility index (Phi) is 4.13. The van der Waals surface area contributed by atoms with Crippen LogP contribution in [0.25, 0.3) is 0 Å². The Hall–Kier alpha value is -0.840. The molecule has 4 nitrogen and oxygen atoms in total. The summed E-state index contributed by atoms with van der Waals surface area (Å²) in [5.41, 5.74) is 5.09. The molecule has 1 amide bonds. The summed E-state index contributed by atoms with van der Waals surface area (Å²) in [5, 5.41) is 2.72. The number of amides is 1. The summed E-state index contributed by atoms with van der Waals surface area (Å²) in [4.78, 5) is 11.9. The van der Waals surface area contributed by atoms with E-state index in [1.807, 2.05) is 20.8 Å². The van der Waals surface area contributed by atoms with Crippen molar-refractivity contribution in [1.29, 1.82) is 0 Å². The lowest BCUT2D eigenvalue weighted by Crippen LogP contribution is -2.45. The Morgan fingerprint density at radius 1 is 1.56 bits per heavy atom. The van der Waals surface area contributed by atoms with Gasteiger partial charge in [0.25, 0.3) is 0 Å². The van der Waals surface area contributed by atoms with Crippen LogP contribution in [-0.2, 0) is 4.74 Å². The fourth-order valence-corrected chi connectivity index (χ4v) is 1.54. The molecule has 1 aliphatic carbocycles. The number of hydrogen-bond donors (Lipinski definition) is 2. The quantitative estimate of drug-likeness (QED) is 0.742. The molecule has 5 heteroatoms. The van der Waals surface area contributed by atoms with Crippen molar-refractivity contribution >= 4 is 23.3 Å². The summed E-state index contributed by atoms with van der Waals surface area (Å²) in [7, 11) is 0. The summed E-state index contributed by atoms with van der Waals surface area (Å²) in [6.45, 7) is 5.47. The maximum atomic E-state index is 11.5. The monoisotopic (exact) mass is 244 g/mol. The fourth-order valence-electron chi connectivity index (χ4n) is 1.38. The van der Waals surface area contributed by atoms with Crippen molar-refractivity contribution in [3.05, 3.63) is 0 Å². The standard InChI is InChI=1S/C11H20N2O2S/c1-11(2,3)15-10(14)13-8(9(12)16)6-7-4-5-7/h7-8H,4-6H2,1-3H3,(H2,12,16)(H,13,14). The lowest BCUT2D eigenvalue weighted by molar-refractivity contribution is 0.0515. The molecule has 16 heavy (non-hydrogen) atoms. The number of hydrogen-bond acceptors (Lipinski definition) is 3. The minimum absolute atomic E-state index is 0.239. The van der Waals surface area contributed by atoms with Crippen LogP contribution in [0.5, 0.6) is 0 Å². The van der Waals surface area contributed by atoms with Crippen LogP contribution in [0.1, 0.15) is 40.0 Å². The van der Waals surface area contributed by atoms with Crippen LogP contribution in [0.4, 0.5) is 4.79 Å². The Labute approximate surface area is 102 Å². The molecule has 0 radical (unpaired) electrons. The molecule has 0 aliphatic heterocycles. The van der Waals surface area contributed by atoms with Crippen molar-refractivity contribution in [2.45, 2.75) is 51.7 Å². The van der Waals surface area contributed by atoms with E-state index >= 15 is 0 Å². The largest absolute Gasteiger partial charge is 0.444 e. The van der Waals surface area contributed by atoms with Gasteiger partial charge in [-0.25, -0.2) is 4.79 Å². The molecule has 0 aromatic carbocycles. The van der Waals surface area contributed by atoms with Gasteiger partial charge < -0.3 is 15.8 Å². The molecule has 0 heterocycles. The molecule has 1 unspecified atom stereocenters. The van der Waals surface area contributed by atoms with E-state index in [4.69, 9.17) is 22.7 Å². The number of carbonyl (C=O) groups is 1. The van der Waals surface area contributed by atoms with E-state index in [0.29, 0.717) is 10.9 Å². The number of nitrogens with one attached hydrogen (secondary N) is 1. The van der Waals surface area contributed by atoms with E-state index < -0.39 is 11.7 Å². The van der Waals surface area contributed by atoms with Crippen molar-refractivity contribution in [1.82, 2.24) is 5.32 Å². The molecular formula is C11H20N2O2S. The Bertz CT molecular complexity index is 282. The van der Waals surface area contributed by atoms with Gasteiger partial charge in [0.2, 0.25) is 0 Å². The third-order valence-electron chi connectivity index (χ3n) is 2.30. The van der Waals surface area contributed by atoms with Gasteiger partial charge in [-0.15, -0.1) is 0 Å². The Balaban J connectivity index is 2.41. The van der Waals surface area contributed by atoms with Gasteiger partial charge in [0, 0.05) is 0 Å². The normalized spacial score (nSPS) is 17.7. The van der Waals surface area contributed by atoms with Crippen LogP contribution in [0, 0.1) is 5.92 Å². The average molecular weight is 244 g/mol. The van der Waals surface area contributed by atoms with E-state index in [1.165, 1.54) is 12.8 Å². The van der Waals surface area contributed by atoms with Crippen molar-refractivity contribution in [2.75, 3.05) is 0 Å². The van der Waals surface area contributed by atoms with Crippen LogP contribution in [0.3, 0.4) is 0 Å². The lowest BCUT2D eigenvalue weighted by atomic mass is 10.1. The zero-order valence-corrected chi connectivity index (χ0v) is 10.9. The molecule has 1 fully saturated rings. The van der Waals surface area contributed by atoms with Gasteiger partial charge in [-0.1, -0.05) is 25.1 Å². The maximum absolute atomic E-state index is 11.5. The van der Waals surface area contributed by atoms with Crippen LogP contribution >= 0.6 is 12.2 Å². The van der Waals surface area contributed by atoms with Crippen molar-refractivity contribution in [3.8, 4) is 0 Å². The Morgan fingerprint density at radius 2 is 2.12 bits per heavy atom. The molecule has 3 N–H and O–H groups in total. The summed E-state index contributed by atoms with van der Waals surface area (Å²) in [5.74, 6) is 0.654. The van der Waals surface area contributed by atoms with E-state index in [1.54, 1.807) is 0 Å². The number of ether oxygens (including phenoxy) is 1. The van der Waals surface area contributed by atoms with Crippen molar-refractivity contribution < 1.29 is 9.53 Å². The van der Waals surface area contributed by atoms with Gasteiger partial charge in [-0.05, 0) is 33.1 Å². The van der Waals surface area contributed by atoms with Gasteiger partial charge >= 0.3 is 6.09 Å². The van der Waals surface area contributed by atoms with Crippen molar-refractivity contribution in [2.24, 2.45) is 11.7 Å². The summed E-state index contributed by atoms with van der Waals surface area (Å²) in [6, 6.07) is -0.239. The first-order valence-electron chi connectivity index (χ1n) is 5.57. The highest BCUT2D eigenvalue weighted by Gasteiger charge is 2.28. The highest BCUT2D eigenvalue weighted by atomic mass is 32.1. The molecule has 92 valence electrons. The molecule has 1 saturated carbocycles. The minimum atomic E-state index is -0.496. The molecule has 0 aromatic rings. The summed E-state index contributed by atoms with van der Waals surface area (Å²) in [6.07, 6.45) is 2.78. The van der Waals surface area contributed by atoms with Gasteiger partial charge in [-0.3, -0.25) is 0 Å². The second-order valence-electron chi connectivity index (χ2n) is 5.28. The first-order chi connectivity index (χ1) is 7.28. The third-order valence-corrected chi connectivity index (χ3v) is 2.58. The number of rotatable bonds is 4. The predicted octanol–water partition coefficient (Wildman–Crippen LogP) is 1.97. The molecule has 0 bridgehead atoms. The van der Waals surface area contributed by atoms with Crippen LogP contribution in [0.15, 0.2) is 0 Å². The SMILES string of the molecule is CC(C)(C)OC(=O)NC(CC1CC1)C(N)=S. The molecule has 1 rings (SSSR count). The molecule has 1 aliphatic rings. The third kappa shape index (κ3) is 5.30. The summed E-state index contributed by atoms with van der Waals surface area (Å²) >= 11 is 4.93. The van der Waals surface area contributed by atoms with Gasteiger partial charge in [0.05, 0.1) is 11.0 Å². The smallest absolute Gasteiger partial charge is 0.408 e. The molecule has 1 atom stereocenters. The molecular weight excluding hydrogens is 224 g/mol. The highest BCUT2D eigenvalue weighted by molar-refractivity contribution is 7.80. The second kappa shape index (κ2) is 4.99. The highest BCUT2D eigenvalue weighted by Crippen LogP contribution is 2.33. The van der Waals surface area contributed by atoms with Crippen LogP contribution in [0.2, 0.25) is 0 Å². The van der Waals surface area contributed by atoms with E-state index in [0.717, 1.165) is 6.42 Å². The number of carbonyl (C=O) groups excluding carboxylic acids is 1. The predicted molar refractivity (Wildman–Crippen MR) is 67.3 cm³/mol. The average Bonchev–Trinajstić information content (AvgIpc) is 2.82. The lowest BCUT2D eigenvalue weighted by Gasteiger charge is -2.23. The summed E-state index contributed by atoms with van der Waals surface area (Å²) < 4.78 is 5.16.